The van der Waals surface area contributed by atoms with E-state index in [9.17, 15) is 27.6 Å². The van der Waals surface area contributed by atoms with Gasteiger partial charge in [0.15, 0.2) is 0 Å². The highest BCUT2D eigenvalue weighted by molar-refractivity contribution is 6.08. The summed E-state index contributed by atoms with van der Waals surface area (Å²) in [5.41, 5.74) is -0.644. The zero-order valence-corrected chi connectivity index (χ0v) is 13.3. The standard InChI is InChI=1S/C17H17F3N2O3/c18-17(19,20)10-5-7-11(8-6-10)21-14(23)9-22-15(24)12-3-1-2-4-13(12)16(22)25/h5-8,12-13H,1-4,9H2,(H,21,23). The minimum Gasteiger partial charge on any atom is -0.325 e. The minimum atomic E-state index is -4.45. The normalized spacial score (nSPS) is 23.6. The second-order valence-electron chi connectivity index (χ2n) is 6.38. The summed E-state index contributed by atoms with van der Waals surface area (Å²) in [6.07, 6.45) is -1.34. The molecular formula is C17H17F3N2O3. The molecule has 0 aromatic heterocycles. The lowest BCUT2D eigenvalue weighted by atomic mass is 9.81. The van der Waals surface area contributed by atoms with Gasteiger partial charge in [-0.15, -0.1) is 0 Å². The van der Waals surface area contributed by atoms with Crippen molar-refractivity contribution in [1.82, 2.24) is 4.90 Å². The van der Waals surface area contributed by atoms with Crippen LogP contribution in [0.5, 0.6) is 0 Å². The van der Waals surface area contributed by atoms with Crippen molar-refractivity contribution < 1.29 is 27.6 Å². The van der Waals surface area contributed by atoms with E-state index in [1.165, 1.54) is 0 Å². The van der Waals surface area contributed by atoms with E-state index in [-0.39, 0.29) is 29.3 Å². The van der Waals surface area contributed by atoms with Crippen molar-refractivity contribution >= 4 is 23.4 Å². The van der Waals surface area contributed by atoms with Gasteiger partial charge in [-0.2, -0.15) is 13.2 Å². The zero-order valence-electron chi connectivity index (χ0n) is 13.3. The molecule has 5 nitrogen and oxygen atoms in total. The Morgan fingerprint density at radius 3 is 2.04 bits per heavy atom. The van der Waals surface area contributed by atoms with E-state index >= 15 is 0 Å². The molecule has 3 rings (SSSR count). The predicted molar refractivity (Wildman–Crippen MR) is 82.2 cm³/mol. The highest BCUT2D eigenvalue weighted by atomic mass is 19.4. The molecule has 2 atom stereocenters. The largest absolute Gasteiger partial charge is 0.416 e. The zero-order chi connectivity index (χ0) is 18.2. The first kappa shape index (κ1) is 17.4. The summed E-state index contributed by atoms with van der Waals surface area (Å²) < 4.78 is 37.5. The number of nitrogens with zero attached hydrogens (tertiary/aromatic N) is 1. The van der Waals surface area contributed by atoms with Crippen LogP contribution in [-0.4, -0.2) is 29.2 Å². The van der Waals surface area contributed by atoms with Crippen LogP contribution in [0.3, 0.4) is 0 Å². The monoisotopic (exact) mass is 354 g/mol. The summed E-state index contributed by atoms with van der Waals surface area (Å²) in [7, 11) is 0. The molecule has 1 aliphatic heterocycles. The van der Waals surface area contributed by atoms with Crippen molar-refractivity contribution in [3.05, 3.63) is 29.8 Å². The molecular weight excluding hydrogens is 337 g/mol. The molecule has 25 heavy (non-hydrogen) atoms. The fourth-order valence-corrected chi connectivity index (χ4v) is 3.47. The molecule has 1 saturated carbocycles. The molecule has 1 heterocycles. The van der Waals surface area contributed by atoms with Crippen LogP contribution in [0, 0.1) is 11.8 Å². The molecule has 2 aliphatic rings. The first-order chi connectivity index (χ1) is 11.8. The molecule has 1 aromatic rings. The van der Waals surface area contributed by atoms with Crippen molar-refractivity contribution in [2.75, 3.05) is 11.9 Å². The number of anilines is 1. The third-order valence-corrected chi connectivity index (χ3v) is 4.73. The maximum Gasteiger partial charge on any atom is 0.416 e. The van der Waals surface area contributed by atoms with E-state index in [0.717, 1.165) is 42.0 Å². The van der Waals surface area contributed by atoms with Gasteiger partial charge in [-0.1, -0.05) is 12.8 Å². The van der Waals surface area contributed by atoms with Gasteiger partial charge < -0.3 is 5.32 Å². The Labute approximate surface area is 142 Å². The number of hydrogen-bond acceptors (Lipinski definition) is 3. The van der Waals surface area contributed by atoms with Gasteiger partial charge in [-0.25, -0.2) is 0 Å². The number of alkyl halides is 3. The van der Waals surface area contributed by atoms with Crippen molar-refractivity contribution in [3.8, 4) is 0 Å². The number of halogens is 3. The summed E-state index contributed by atoms with van der Waals surface area (Å²) >= 11 is 0. The van der Waals surface area contributed by atoms with E-state index in [0.29, 0.717) is 12.8 Å². The van der Waals surface area contributed by atoms with Gasteiger partial charge in [0, 0.05) is 5.69 Å². The van der Waals surface area contributed by atoms with Gasteiger partial charge >= 0.3 is 6.18 Å². The van der Waals surface area contributed by atoms with Crippen LogP contribution in [0.15, 0.2) is 24.3 Å². The van der Waals surface area contributed by atoms with E-state index < -0.39 is 24.2 Å². The van der Waals surface area contributed by atoms with Crippen molar-refractivity contribution in [3.63, 3.8) is 0 Å². The van der Waals surface area contributed by atoms with Crippen LogP contribution < -0.4 is 5.32 Å². The molecule has 8 heteroatoms. The van der Waals surface area contributed by atoms with Gasteiger partial charge in [0.25, 0.3) is 0 Å². The molecule has 2 unspecified atom stereocenters. The number of fused-ring (bicyclic) bond motifs is 1. The fourth-order valence-electron chi connectivity index (χ4n) is 3.47. The number of amides is 3. The third-order valence-electron chi connectivity index (χ3n) is 4.73. The van der Waals surface area contributed by atoms with E-state index in [4.69, 9.17) is 0 Å². The molecule has 1 aromatic carbocycles. The van der Waals surface area contributed by atoms with E-state index in [2.05, 4.69) is 5.32 Å². The second kappa shape index (κ2) is 6.50. The Balaban J connectivity index is 1.63. The highest BCUT2D eigenvalue weighted by Gasteiger charge is 2.48. The number of carbonyl (C=O) groups is 3. The van der Waals surface area contributed by atoms with Crippen molar-refractivity contribution in [2.24, 2.45) is 11.8 Å². The van der Waals surface area contributed by atoms with Crippen LogP contribution in [0.25, 0.3) is 0 Å². The van der Waals surface area contributed by atoms with Gasteiger partial charge in [-0.3, -0.25) is 19.3 Å². The van der Waals surface area contributed by atoms with E-state index in [1.807, 2.05) is 0 Å². The number of benzene rings is 1. The molecule has 134 valence electrons. The molecule has 2 fully saturated rings. The maximum atomic E-state index is 12.5. The Hall–Kier alpha value is -2.38. The van der Waals surface area contributed by atoms with Gasteiger partial charge in [0.05, 0.1) is 17.4 Å². The topological polar surface area (TPSA) is 66.5 Å². The lowest BCUT2D eigenvalue weighted by molar-refractivity contribution is -0.142. The quantitative estimate of drug-likeness (QED) is 0.849. The Bertz CT molecular complexity index is 676. The fraction of sp³-hybridized carbons (Fsp3) is 0.471. The lowest BCUT2D eigenvalue weighted by Crippen LogP contribution is -2.38. The molecule has 3 amide bonds. The minimum absolute atomic E-state index is 0.175. The van der Waals surface area contributed by atoms with Crippen LogP contribution >= 0.6 is 0 Å². The average Bonchev–Trinajstić information content (AvgIpc) is 2.80. The summed E-state index contributed by atoms with van der Waals surface area (Å²) in [5.74, 6) is -1.92. The number of nitrogens with one attached hydrogen (secondary N) is 1. The molecule has 1 N–H and O–H groups in total. The Morgan fingerprint density at radius 1 is 1.04 bits per heavy atom. The smallest absolute Gasteiger partial charge is 0.325 e. The van der Waals surface area contributed by atoms with Gasteiger partial charge in [0.1, 0.15) is 6.54 Å². The van der Waals surface area contributed by atoms with Crippen molar-refractivity contribution in [1.29, 1.82) is 0 Å². The second-order valence-corrected chi connectivity index (χ2v) is 6.38. The molecule has 0 bridgehead atoms. The SMILES string of the molecule is O=C(CN1C(=O)C2CCCCC2C1=O)Nc1ccc(C(F)(F)F)cc1. The van der Waals surface area contributed by atoms with Crippen LogP contribution in [0.2, 0.25) is 0 Å². The predicted octanol–water partition coefficient (Wildman–Crippen LogP) is 2.82. The van der Waals surface area contributed by atoms with Crippen LogP contribution in [0.1, 0.15) is 31.2 Å². The van der Waals surface area contributed by atoms with Gasteiger partial charge in [-0.05, 0) is 37.1 Å². The number of hydrogen-bond donors (Lipinski definition) is 1. The molecule has 1 saturated heterocycles. The number of imide groups is 1. The number of carbonyl (C=O) groups excluding carboxylic acids is 3. The molecule has 1 aliphatic carbocycles. The van der Waals surface area contributed by atoms with Crippen molar-refractivity contribution in [2.45, 2.75) is 31.9 Å². The van der Waals surface area contributed by atoms with Crippen LogP contribution in [0.4, 0.5) is 18.9 Å². The summed E-state index contributed by atoms with van der Waals surface area (Å²) in [6.45, 7) is -0.411. The summed E-state index contributed by atoms with van der Waals surface area (Å²) in [5, 5.41) is 2.42. The summed E-state index contributed by atoms with van der Waals surface area (Å²) in [6, 6.07) is 3.98. The Morgan fingerprint density at radius 2 is 1.56 bits per heavy atom. The lowest BCUT2D eigenvalue weighted by Gasteiger charge is -2.19. The highest BCUT2D eigenvalue weighted by Crippen LogP contribution is 2.37. The first-order valence-electron chi connectivity index (χ1n) is 8.09. The maximum absolute atomic E-state index is 12.5. The van der Waals surface area contributed by atoms with Crippen LogP contribution in [-0.2, 0) is 20.6 Å². The Kier molecular flexibility index (Phi) is 4.53. The molecule has 0 spiro atoms. The number of rotatable bonds is 3. The van der Waals surface area contributed by atoms with Gasteiger partial charge in [0.2, 0.25) is 17.7 Å². The average molecular weight is 354 g/mol. The van der Waals surface area contributed by atoms with E-state index in [1.54, 1.807) is 0 Å². The number of likely N-dealkylation sites (tertiary alicyclic amines) is 1. The third kappa shape index (κ3) is 3.52. The summed E-state index contributed by atoms with van der Waals surface area (Å²) in [4.78, 5) is 37.6. The first-order valence-corrected chi connectivity index (χ1v) is 8.09. The molecule has 0 radical (unpaired) electrons.